The Balaban J connectivity index is 1.89. The minimum absolute atomic E-state index is 0.0658. The smallest absolute Gasteiger partial charge is 0.227 e. The number of rotatable bonds is 7. The fourth-order valence-electron chi connectivity index (χ4n) is 4.11. The van der Waals surface area contributed by atoms with Gasteiger partial charge in [0.15, 0.2) is 0 Å². The van der Waals surface area contributed by atoms with E-state index in [1.54, 1.807) is 0 Å². The Hall–Kier alpha value is -1.59. The third kappa shape index (κ3) is 4.73. The van der Waals surface area contributed by atoms with E-state index in [2.05, 4.69) is 12.2 Å². The van der Waals surface area contributed by atoms with Gasteiger partial charge in [0.2, 0.25) is 17.7 Å². The summed E-state index contributed by atoms with van der Waals surface area (Å²) < 4.78 is 0. The second-order valence-electron chi connectivity index (χ2n) is 7.37. The molecule has 1 N–H and O–H groups in total. The molecule has 2 aliphatic rings. The molecule has 2 aliphatic heterocycles. The lowest BCUT2D eigenvalue weighted by atomic mass is 9.88. The highest BCUT2D eigenvalue weighted by Crippen LogP contribution is 2.29. The second kappa shape index (κ2) is 8.68. The molecule has 25 heavy (non-hydrogen) atoms. The number of piperidine rings is 1. The molecule has 0 unspecified atom stereocenters. The summed E-state index contributed by atoms with van der Waals surface area (Å²) in [5.41, 5.74) is -0.209. The molecule has 0 aromatic heterocycles. The quantitative estimate of drug-likeness (QED) is 0.762. The van der Waals surface area contributed by atoms with Crippen molar-refractivity contribution in [1.29, 1.82) is 0 Å². The lowest BCUT2D eigenvalue weighted by Crippen LogP contribution is -2.47. The first-order valence-corrected chi connectivity index (χ1v) is 9.82. The fourth-order valence-corrected chi connectivity index (χ4v) is 4.11. The maximum absolute atomic E-state index is 12.7. The Bertz CT molecular complexity index is 504. The average molecular weight is 351 g/mol. The van der Waals surface area contributed by atoms with Crippen LogP contribution in [-0.2, 0) is 14.4 Å². The first-order chi connectivity index (χ1) is 11.9. The Labute approximate surface area is 151 Å². The van der Waals surface area contributed by atoms with E-state index >= 15 is 0 Å². The predicted octanol–water partition coefficient (Wildman–Crippen LogP) is 1.93. The number of carbonyl (C=O) groups is 3. The Morgan fingerprint density at radius 2 is 2.00 bits per heavy atom. The summed E-state index contributed by atoms with van der Waals surface area (Å²) in [7, 11) is 0. The zero-order valence-corrected chi connectivity index (χ0v) is 16.0. The van der Waals surface area contributed by atoms with Crippen LogP contribution in [0.4, 0.5) is 0 Å². The molecule has 0 bridgehead atoms. The largest absolute Gasteiger partial charge is 0.351 e. The molecule has 0 radical (unpaired) electrons. The van der Waals surface area contributed by atoms with Crippen molar-refractivity contribution in [3.63, 3.8) is 0 Å². The molecule has 2 heterocycles. The lowest BCUT2D eigenvalue weighted by Gasteiger charge is -2.35. The molecular weight excluding hydrogens is 318 g/mol. The molecular formula is C19H33N3O3. The van der Waals surface area contributed by atoms with Gasteiger partial charge in [-0.3, -0.25) is 14.4 Å². The molecule has 0 saturated carbocycles. The van der Waals surface area contributed by atoms with Crippen molar-refractivity contribution in [2.45, 2.75) is 71.3 Å². The normalized spacial score (nSPS) is 26.4. The second-order valence-corrected chi connectivity index (χ2v) is 7.37. The summed E-state index contributed by atoms with van der Waals surface area (Å²) in [4.78, 5) is 40.5. The van der Waals surface area contributed by atoms with Crippen LogP contribution in [0.15, 0.2) is 0 Å². The third-order valence-corrected chi connectivity index (χ3v) is 5.93. The molecule has 6 nitrogen and oxygen atoms in total. The highest BCUT2D eigenvalue weighted by atomic mass is 16.2. The minimum Gasteiger partial charge on any atom is -0.351 e. The van der Waals surface area contributed by atoms with Crippen LogP contribution in [0.2, 0.25) is 0 Å². The van der Waals surface area contributed by atoms with Crippen molar-refractivity contribution < 1.29 is 14.4 Å². The highest BCUT2D eigenvalue weighted by molar-refractivity contribution is 5.82. The molecule has 2 atom stereocenters. The third-order valence-electron chi connectivity index (χ3n) is 5.93. The maximum atomic E-state index is 12.7. The molecule has 2 fully saturated rings. The molecule has 3 amide bonds. The van der Waals surface area contributed by atoms with E-state index in [1.165, 1.54) is 0 Å². The van der Waals surface area contributed by atoms with Crippen LogP contribution in [-0.4, -0.2) is 59.2 Å². The Morgan fingerprint density at radius 3 is 2.56 bits per heavy atom. The van der Waals surface area contributed by atoms with Crippen molar-refractivity contribution in [2.24, 2.45) is 5.92 Å². The van der Waals surface area contributed by atoms with E-state index in [1.807, 2.05) is 23.6 Å². The first kappa shape index (κ1) is 19.7. The molecule has 2 rings (SSSR count). The Kier molecular flexibility index (Phi) is 6.85. The lowest BCUT2D eigenvalue weighted by molar-refractivity contribution is -0.141. The van der Waals surface area contributed by atoms with Gasteiger partial charge in [-0.2, -0.15) is 0 Å². The van der Waals surface area contributed by atoms with E-state index in [4.69, 9.17) is 0 Å². The summed E-state index contributed by atoms with van der Waals surface area (Å²) in [5, 5.41) is 3.06. The molecule has 142 valence electrons. The van der Waals surface area contributed by atoms with Gasteiger partial charge in [0.25, 0.3) is 0 Å². The number of amides is 3. The standard InChI is InChI=1S/C19H33N3O3/c1-4-19(11-9-16(23)20-19)12-10-17(24)22-13-7-8-15(14-22)18(25)21(5-2)6-3/h15H,4-14H2,1-3H3,(H,20,23)/t15-,19-/m1/s1. The van der Waals surface area contributed by atoms with E-state index in [9.17, 15) is 14.4 Å². The summed E-state index contributed by atoms with van der Waals surface area (Å²) in [6, 6.07) is 0. The molecule has 0 aromatic carbocycles. The maximum Gasteiger partial charge on any atom is 0.227 e. The van der Waals surface area contributed by atoms with Crippen LogP contribution < -0.4 is 5.32 Å². The van der Waals surface area contributed by atoms with E-state index in [0.717, 1.165) is 45.3 Å². The van der Waals surface area contributed by atoms with Crippen LogP contribution in [0, 0.1) is 5.92 Å². The van der Waals surface area contributed by atoms with Crippen LogP contribution in [0.3, 0.4) is 0 Å². The van der Waals surface area contributed by atoms with Gasteiger partial charge >= 0.3 is 0 Å². The van der Waals surface area contributed by atoms with Crippen molar-refractivity contribution in [3.8, 4) is 0 Å². The molecule has 0 aromatic rings. The summed E-state index contributed by atoms with van der Waals surface area (Å²) in [6.45, 7) is 8.78. The Morgan fingerprint density at radius 1 is 1.28 bits per heavy atom. The number of nitrogens with one attached hydrogen (secondary N) is 1. The van der Waals surface area contributed by atoms with Gasteiger partial charge in [-0.15, -0.1) is 0 Å². The van der Waals surface area contributed by atoms with Crippen molar-refractivity contribution >= 4 is 17.7 Å². The van der Waals surface area contributed by atoms with Crippen molar-refractivity contribution in [3.05, 3.63) is 0 Å². The van der Waals surface area contributed by atoms with E-state index in [0.29, 0.717) is 25.8 Å². The molecule has 2 saturated heterocycles. The molecule has 0 aliphatic carbocycles. The number of hydrogen-bond acceptors (Lipinski definition) is 3. The molecule has 0 spiro atoms. The van der Waals surface area contributed by atoms with Gasteiger partial charge in [0.05, 0.1) is 5.92 Å². The molecule has 6 heteroatoms. The topological polar surface area (TPSA) is 69.7 Å². The van der Waals surface area contributed by atoms with Crippen LogP contribution in [0.1, 0.15) is 65.7 Å². The van der Waals surface area contributed by atoms with Gasteiger partial charge in [-0.05, 0) is 46.0 Å². The van der Waals surface area contributed by atoms with Crippen LogP contribution >= 0.6 is 0 Å². The number of nitrogens with zero attached hydrogens (tertiary/aromatic N) is 2. The monoisotopic (exact) mass is 351 g/mol. The fraction of sp³-hybridized carbons (Fsp3) is 0.842. The summed E-state index contributed by atoms with van der Waals surface area (Å²) >= 11 is 0. The summed E-state index contributed by atoms with van der Waals surface area (Å²) in [5.74, 6) is 0.322. The number of hydrogen-bond donors (Lipinski definition) is 1. The SMILES string of the molecule is CCN(CC)C(=O)[C@@H]1CCCN(C(=O)CC[C@@]2(CC)CCC(=O)N2)C1. The highest BCUT2D eigenvalue weighted by Gasteiger charge is 2.37. The van der Waals surface area contributed by atoms with E-state index < -0.39 is 0 Å². The van der Waals surface area contributed by atoms with Gasteiger partial charge in [-0.1, -0.05) is 6.92 Å². The zero-order valence-electron chi connectivity index (χ0n) is 16.0. The number of carbonyl (C=O) groups excluding carboxylic acids is 3. The predicted molar refractivity (Wildman–Crippen MR) is 96.9 cm³/mol. The van der Waals surface area contributed by atoms with Crippen molar-refractivity contribution in [1.82, 2.24) is 15.1 Å². The number of likely N-dealkylation sites (tertiary alicyclic amines) is 1. The van der Waals surface area contributed by atoms with Gasteiger partial charge in [0.1, 0.15) is 0 Å². The van der Waals surface area contributed by atoms with Crippen LogP contribution in [0.5, 0.6) is 0 Å². The van der Waals surface area contributed by atoms with Crippen LogP contribution in [0.25, 0.3) is 0 Å². The van der Waals surface area contributed by atoms with Gasteiger partial charge in [0, 0.05) is 44.6 Å². The van der Waals surface area contributed by atoms with Gasteiger partial charge < -0.3 is 15.1 Å². The zero-order chi connectivity index (χ0) is 18.4. The van der Waals surface area contributed by atoms with E-state index in [-0.39, 0.29) is 29.2 Å². The van der Waals surface area contributed by atoms with Gasteiger partial charge in [-0.25, -0.2) is 0 Å². The minimum atomic E-state index is -0.209. The summed E-state index contributed by atoms with van der Waals surface area (Å²) in [6.07, 6.45) is 5.13. The van der Waals surface area contributed by atoms with Crippen molar-refractivity contribution in [2.75, 3.05) is 26.2 Å². The first-order valence-electron chi connectivity index (χ1n) is 9.82. The average Bonchev–Trinajstić information content (AvgIpc) is 3.02.